The number of benzene rings is 1. The zero-order valence-corrected chi connectivity index (χ0v) is 7.11. The van der Waals surface area contributed by atoms with Gasteiger partial charge in [0.2, 0.25) is 0 Å². The Hall–Kier alpha value is -1.72. The smallest absolute Gasteiger partial charge is 0.411 e. The lowest BCUT2D eigenvalue weighted by Gasteiger charge is -2.04. The maximum absolute atomic E-state index is 12.9. The first kappa shape index (κ1) is 10.4. The van der Waals surface area contributed by atoms with Crippen molar-refractivity contribution in [3.8, 4) is 0 Å². The number of ether oxygens (including phenoxy) is 1. The van der Waals surface area contributed by atoms with Crippen molar-refractivity contribution in [1.82, 2.24) is 0 Å². The van der Waals surface area contributed by atoms with E-state index in [0.29, 0.717) is 12.1 Å². The molecule has 1 N–H and O–H groups in total. The molecule has 0 saturated heterocycles. The first-order valence-corrected chi connectivity index (χ1v) is 3.54. The number of nitrogens with one attached hydrogen (secondary N) is 1. The molecule has 0 spiro atoms. The van der Waals surface area contributed by atoms with Gasteiger partial charge in [-0.2, -0.15) is 0 Å². The van der Waals surface area contributed by atoms with Crippen LogP contribution in [0, 0.1) is 17.5 Å². The Kier molecular flexibility index (Phi) is 2.95. The van der Waals surface area contributed by atoms with Crippen LogP contribution >= 0.6 is 0 Å². The van der Waals surface area contributed by atoms with E-state index < -0.39 is 29.2 Å². The molecular formula is C8H6F3NO2. The minimum absolute atomic E-state index is 0.334. The predicted octanol–water partition coefficient (Wildman–Crippen LogP) is 2.28. The second-order valence-corrected chi connectivity index (χ2v) is 2.36. The molecule has 1 aromatic rings. The number of hydrogen-bond acceptors (Lipinski definition) is 2. The normalized spacial score (nSPS) is 9.71. The monoisotopic (exact) mass is 205 g/mol. The van der Waals surface area contributed by atoms with Crippen LogP contribution in [0.3, 0.4) is 0 Å². The van der Waals surface area contributed by atoms with Gasteiger partial charge in [0.1, 0.15) is 5.82 Å². The van der Waals surface area contributed by atoms with Gasteiger partial charge < -0.3 is 4.74 Å². The third kappa shape index (κ3) is 2.15. The summed E-state index contributed by atoms with van der Waals surface area (Å²) in [6.07, 6.45) is -0.963. The first-order valence-electron chi connectivity index (χ1n) is 3.54. The number of carbonyl (C=O) groups excluding carboxylic acids is 1. The lowest BCUT2D eigenvalue weighted by Crippen LogP contribution is -2.12. The van der Waals surface area contributed by atoms with Crippen LogP contribution in [0.1, 0.15) is 0 Å². The molecule has 3 nitrogen and oxygen atoms in total. The van der Waals surface area contributed by atoms with E-state index in [-0.39, 0.29) is 0 Å². The largest absolute Gasteiger partial charge is 0.453 e. The van der Waals surface area contributed by atoms with Gasteiger partial charge in [-0.15, -0.1) is 0 Å². The van der Waals surface area contributed by atoms with E-state index >= 15 is 0 Å². The molecule has 0 aromatic heterocycles. The van der Waals surface area contributed by atoms with Gasteiger partial charge in [0.25, 0.3) is 0 Å². The van der Waals surface area contributed by atoms with Crippen LogP contribution in [0.2, 0.25) is 0 Å². The molecule has 1 amide bonds. The summed E-state index contributed by atoms with van der Waals surface area (Å²) in [6, 6.07) is 0.863. The van der Waals surface area contributed by atoms with Gasteiger partial charge in [-0.3, -0.25) is 5.32 Å². The van der Waals surface area contributed by atoms with Crippen LogP contribution in [0.15, 0.2) is 12.1 Å². The zero-order valence-electron chi connectivity index (χ0n) is 7.11. The Morgan fingerprint density at radius 2 is 1.79 bits per heavy atom. The molecule has 0 radical (unpaired) electrons. The van der Waals surface area contributed by atoms with E-state index in [1.54, 1.807) is 0 Å². The number of halogens is 3. The molecule has 0 aliphatic heterocycles. The third-order valence-corrected chi connectivity index (χ3v) is 1.43. The topological polar surface area (TPSA) is 38.3 Å². The number of rotatable bonds is 1. The maximum Gasteiger partial charge on any atom is 0.411 e. The molecule has 0 unspecified atom stereocenters. The predicted molar refractivity (Wildman–Crippen MR) is 42.3 cm³/mol. The van der Waals surface area contributed by atoms with E-state index in [2.05, 4.69) is 4.74 Å². The fourth-order valence-corrected chi connectivity index (χ4v) is 0.779. The summed E-state index contributed by atoms with van der Waals surface area (Å²) in [6.45, 7) is 0. The maximum atomic E-state index is 12.9. The van der Waals surface area contributed by atoms with Crippen molar-refractivity contribution < 1.29 is 22.7 Å². The quantitative estimate of drug-likeness (QED) is 0.714. The highest BCUT2D eigenvalue weighted by molar-refractivity contribution is 5.84. The Balaban J connectivity index is 2.98. The minimum atomic E-state index is -1.32. The van der Waals surface area contributed by atoms with Crippen molar-refractivity contribution in [1.29, 1.82) is 0 Å². The molecule has 1 rings (SSSR count). The summed E-state index contributed by atoms with van der Waals surface area (Å²) in [4.78, 5) is 10.6. The number of methoxy groups -OCH3 is 1. The molecule has 0 heterocycles. The van der Waals surface area contributed by atoms with E-state index in [1.807, 2.05) is 5.32 Å². The average Bonchev–Trinajstić information content (AvgIpc) is 2.14. The molecule has 0 bridgehead atoms. The highest BCUT2D eigenvalue weighted by Crippen LogP contribution is 2.18. The lowest BCUT2D eigenvalue weighted by atomic mass is 10.3. The Morgan fingerprint density at radius 3 is 2.36 bits per heavy atom. The van der Waals surface area contributed by atoms with Gasteiger partial charge in [-0.1, -0.05) is 0 Å². The van der Waals surface area contributed by atoms with Crippen LogP contribution in [-0.2, 0) is 4.74 Å². The highest BCUT2D eigenvalue weighted by Gasteiger charge is 2.11. The summed E-state index contributed by atoms with van der Waals surface area (Å²) in [5, 5.41) is 1.89. The summed E-state index contributed by atoms with van der Waals surface area (Å²) in [5.74, 6) is -3.65. The SMILES string of the molecule is COC(=O)Nc1cc(F)c(F)cc1F. The zero-order chi connectivity index (χ0) is 10.7. The Morgan fingerprint density at radius 1 is 1.21 bits per heavy atom. The molecule has 0 saturated carbocycles. The second kappa shape index (κ2) is 3.99. The molecule has 0 aliphatic rings. The van der Waals surface area contributed by atoms with E-state index in [0.717, 1.165) is 7.11 Å². The van der Waals surface area contributed by atoms with Crippen molar-refractivity contribution in [3.05, 3.63) is 29.6 Å². The highest BCUT2D eigenvalue weighted by atomic mass is 19.2. The van der Waals surface area contributed by atoms with Gasteiger partial charge in [0, 0.05) is 12.1 Å². The Labute approximate surface area is 77.5 Å². The molecule has 14 heavy (non-hydrogen) atoms. The molecule has 0 fully saturated rings. The van der Waals surface area contributed by atoms with Crippen molar-refractivity contribution in [2.24, 2.45) is 0 Å². The van der Waals surface area contributed by atoms with Gasteiger partial charge >= 0.3 is 6.09 Å². The van der Waals surface area contributed by atoms with E-state index in [4.69, 9.17) is 0 Å². The fourth-order valence-electron chi connectivity index (χ4n) is 0.779. The van der Waals surface area contributed by atoms with Gasteiger partial charge in [-0.05, 0) is 0 Å². The fraction of sp³-hybridized carbons (Fsp3) is 0.125. The van der Waals surface area contributed by atoms with Gasteiger partial charge in [-0.25, -0.2) is 18.0 Å². The molecule has 1 aromatic carbocycles. The van der Waals surface area contributed by atoms with Crippen molar-refractivity contribution in [2.75, 3.05) is 12.4 Å². The van der Waals surface area contributed by atoms with Crippen LogP contribution in [0.4, 0.5) is 23.7 Å². The van der Waals surface area contributed by atoms with Crippen LogP contribution in [0.5, 0.6) is 0 Å². The molecule has 0 aliphatic carbocycles. The summed E-state index contributed by atoms with van der Waals surface area (Å²) in [7, 11) is 1.06. The van der Waals surface area contributed by atoms with Crippen molar-refractivity contribution in [2.45, 2.75) is 0 Å². The molecule has 76 valence electrons. The standard InChI is InChI=1S/C8H6F3NO2/c1-14-8(13)12-7-3-5(10)4(9)2-6(7)11/h2-3H,1H3,(H,12,13). The van der Waals surface area contributed by atoms with Crippen molar-refractivity contribution >= 4 is 11.8 Å². The number of anilines is 1. The van der Waals surface area contributed by atoms with E-state index in [1.165, 1.54) is 0 Å². The number of hydrogen-bond donors (Lipinski definition) is 1. The number of carbonyl (C=O) groups is 1. The van der Waals surface area contributed by atoms with Crippen LogP contribution in [0.25, 0.3) is 0 Å². The molecule has 0 atom stereocenters. The van der Waals surface area contributed by atoms with Crippen LogP contribution < -0.4 is 5.32 Å². The number of amides is 1. The summed E-state index contributed by atoms with van der Waals surface area (Å²) < 4.78 is 42.0. The molecule has 6 heteroatoms. The minimum Gasteiger partial charge on any atom is -0.453 e. The summed E-state index contributed by atoms with van der Waals surface area (Å²) in [5.41, 5.74) is -0.476. The van der Waals surface area contributed by atoms with Crippen LogP contribution in [-0.4, -0.2) is 13.2 Å². The second-order valence-electron chi connectivity index (χ2n) is 2.36. The summed E-state index contributed by atoms with van der Waals surface area (Å²) >= 11 is 0. The molecular weight excluding hydrogens is 199 g/mol. The lowest BCUT2D eigenvalue weighted by molar-refractivity contribution is 0.186. The van der Waals surface area contributed by atoms with Gasteiger partial charge in [0.05, 0.1) is 12.8 Å². The Bertz CT molecular complexity index is 368. The van der Waals surface area contributed by atoms with Crippen molar-refractivity contribution in [3.63, 3.8) is 0 Å². The third-order valence-electron chi connectivity index (χ3n) is 1.43. The first-order chi connectivity index (χ1) is 6.54. The van der Waals surface area contributed by atoms with Gasteiger partial charge in [0.15, 0.2) is 11.6 Å². The average molecular weight is 205 g/mol. The van der Waals surface area contributed by atoms with E-state index in [9.17, 15) is 18.0 Å².